The summed E-state index contributed by atoms with van der Waals surface area (Å²) >= 11 is 0. The van der Waals surface area contributed by atoms with Gasteiger partial charge in [-0.05, 0) is 19.8 Å². The summed E-state index contributed by atoms with van der Waals surface area (Å²) in [5, 5.41) is 2.33. The second-order valence-corrected chi connectivity index (χ2v) is 3.94. The SMILES string of the molecule is CCCCCCCC/C(C)=C/C(=O)N=O. The third-order valence-corrected chi connectivity index (χ3v) is 2.38. The smallest absolute Gasteiger partial charge is 0.264 e. The molecule has 0 saturated heterocycles. The molecular formula is C12H21NO2. The highest BCUT2D eigenvalue weighted by atomic mass is 16.3. The first-order valence-electron chi connectivity index (χ1n) is 5.75. The van der Waals surface area contributed by atoms with E-state index < -0.39 is 5.91 Å². The summed E-state index contributed by atoms with van der Waals surface area (Å²) in [5.74, 6) is -0.668. The Balaban J connectivity index is 3.46. The Kier molecular flexibility index (Phi) is 8.93. The fourth-order valence-corrected chi connectivity index (χ4v) is 1.49. The Morgan fingerprint density at radius 1 is 1.13 bits per heavy atom. The van der Waals surface area contributed by atoms with Crippen LogP contribution in [0.2, 0.25) is 0 Å². The van der Waals surface area contributed by atoms with Gasteiger partial charge in [0.2, 0.25) is 0 Å². The Bertz CT molecular complexity index is 222. The van der Waals surface area contributed by atoms with Crippen molar-refractivity contribution in [3.63, 3.8) is 0 Å². The third-order valence-electron chi connectivity index (χ3n) is 2.38. The molecule has 0 aromatic rings. The Hall–Kier alpha value is -0.990. The zero-order chi connectivity index (χ0) is 11.5. The van der Waals surface area contributed by atoms with E-state index in [9.17, 15) is 9.70 Å². The molecule has 0 aliphatic heterocycles. The van der Waals surface area contributed by atoms with Crippen LogP contribution in [0.5, 0.6) is 0 Å². The molecule has 1 amide bonds. The molecule has 0 rings (SSSR count). The van der Waals surface area contributed by atoms with Gasteiger partial charge in [0.15, 0.2) is 0 Å². The monoisotopic (exact) mass is 211 g/mol. The van der Waals surface area contributed by atoms with Gasteiger partial charge in [0.25, 0.3) is 0 Å². The van der Waals surface area contributed by atoms with Gasteiger partial charge in [-0.25, -0.2) is 0 Å². The average molecular weight is 211 g/mol. The van der Waals surface area contributed by atoms with E-state index in [2.05, 4.69) is 12.1 Å². The van der Waals surface area contributed by atoms with Gasteiger partial charge in [0, 0.05) is 11.3 Å². The molecule has 0 spiro atoms. The zero-order valence-electron chi connectivity index (χ0n) is 9.79. The number of nitroso groups, excluding NO2 is 1. The van der Waals surface area contributed by atoms with E-state index in [1.54, 1.807) is 0 Å². The minimum absolute atomic E-state index is 0.668. The van der Waals surface area contributed by atoms with Crippen molar-refractivity contribution in [2.75, 3.05) is 0 Å². The van der Waals surface area contributed by atoms with E-state index in [4.69, 9.17) is 0 Å². The van der Waals surface area contributed by atoms with Crippen LogP contribution in [0.15, 0.2) is 16.8 Å². The summed E-state index contributed by atoms with van der Waals surface area (Å²) in [6.45, 7) is 4.07. The minimum Gasteiger partial charge on any atom is -0.264 e. The maximum atomic E-state index is 10.6. The molecule has 15 heavy (non-hydrogen) atoms. The van der Waals surface area contributed by atoms with Gasteiger partial charge < -0.3 is 0 Å². The zero-order valence-corrected chi connectivity index (χ0v) is 9.79. The predicted octanol–water partition coefficient (Wildman–Crippen LogP) is 3.98. The number of carbonyl (C=O) groups excluding carboxylic acids is 1. The number of hydrogen-bond acceptors (Lipinski definition) is 2. The molecule has 0 N–H and O–H groups in total. The average Bonchev–Trinajstić information content (AvgIpc) is 2.23. The van der Waals surface area contributed by atoms with Crippen molar-refractivity contribution in [1.82, 2.24) is 0 Å². The fraction of sp³-hybridized carbons (Fsp3) is 0.750. The molecule has 0 aromatic carbocycles. The summed E-state index contributed by atoms with van der Waals surface area (Å²) < 4.78 is 0. The van der Waals surface area contributed by atoms with E-state index in [0.717, 1.165) is 18.4 Å². The summed E-state index contributed by atoms with van der Waals surface area (Å²) in [7, 11) is 0. The number of hydrogen-bond donors (Lipinski definition) is 0. The van der Waals surface area contributed by atoms with Crippen molar-refractivity contribution in [3.05, 3.63) is 16.6 Å². The van der Waals surface area contributed by atoms with E-state index >= 15 is 0 Å². The van der Waals surface area contributed by atoms with Crippen LogP contribution >= 0.6 is 0 Å². The molecule has 86 valence electrons. The number of amides is 1. The summed E-state index contributed by atoms with van der Waals surface area (Å²) in [5.41, 5.74) is 0.954. The Morgan fingerprint density at radius 3 is 2.33 bits per heavy atom. The normalized spacial score (nSPS) is 11.5. The first kappa shape index (κ1) is 14.0. The molecule has 3 heteroatoms. The lowest BCUT2D eigenvalue weighted by atomic mass is 10.1. The molecule has 0 bridgehead atoms. The van der Waals surface area contributed by atoms with Crippen LogP contribution in [0.4, 0.5) is 0 Å². The standard InChI is InChI=1S/C12H21NO2/c1-3-4-5-6-7-8-9-11(2)10-12(14)13-15/h10H,3-9H2,1-2H3/b11-10+. The maximum absolute atomic E-state index is 10.6. The van der Waals surface area contributed by atoms with Crippen LogP contribution in [0.25, 0.3) is 0 Å². The highest BCUT2D eigenvalue weighted by Gasteiger charge is 1.97. The lowest BCUT2D eigenvalue weighted by molar-refractivity contribution is -0.113. The summed E-state index contributed by atoms with van der Waals surface area (Å²) in [6.07, 6.45) is 9.66. The predicted molar refractivity (Wildman–Crippen MR) is 62.6 cm³/mol. The molecule has 0 radical (unpaired) electrons. The largest absolute Gasteiger partial charge is 0.309 e. The molecule has 0 aliphatic carbocycles. The van der Waals surface area contributed by atoms with Gasteiger partial charge in [0.1, 0.15) is 0 Å². The van der Waals surface area contributed by atoms with Crippen LogP contribution in [0.1, 0.15) is 58.8 Å². The minimum atomic E-state index is -0.668. The van der Waals surface area contributed by atoms with Gasteiger partial charge in [-0.15, -0.1) is 4.91 Å². The van der Waals surface area contributed by atoms with Crippen LogP contribution < -0.4 is 0 Å². The molecule has 0 unspecified atom stereocenters. The highest BCUT2D eigenvalue weighted by Crippen LogP contribution is 2.11. The van der Waals surface area contributed by atoms with Gasteiger partial charge >= 0.3 is 5.91 Å². The quantitative estimate of drug-likeness (QED) is 0.346. The van der Waals surface area contributed by atoms with Crippen molar-refractivity contribution >= 4 is 5.91 Å². The fourth-order valence-electron chi connectivity index (χ4n) is 1.49. The van der Waals surface area contributed by atoms with Crippen molar-refractivity contribution < 1.29 is 4.79 Å². The second-order valence-electron chi connectivity index (χ2n) is 3.94. The second kappa shape index (κ2) is 9.56. The van der Waals surface area contributed by atoms with Crippen molar-refractivity contribution in [3.8, 4) is 0 Å². The Morgan fingerprint density at radius 2 is 1.73 bits per heavy atom. The molecule has 3 nitrogen and oxygen atoms in total. The molecule has 0 atom stereocenters. The first-order valence-corrected chi connectivity index (χ1v) is 5.75. The van der Waals surface area contributed by atoms with Crippen molar-refractivity contribution in [2.24, 2.45) is 5.18 Å². The van der Waals surface area contributed by atoms with Crippen molar-refractivity contribution in [1.29, 1.82) is 0 Å². The van der Waals surface area contributed by atoms with Gasteiger partial charge in [-0.3, -0.25) is 4.79 Å². The number of unbranched alkanes of at least 4 members (excludes halogenated alkanes) is 5. The van der Waals surface area contributed by atoms with Crippen LogP contribution in [-0.2, 0) is 4.79 Å². The maximum Gasteiger partial charge on any atom is 0.309 e. The number of carbonyl (C=O) groups is 1. The lowest BCUT2D eigenvalue weighted by Gasteiger charge is -2.00. The van der Waals surface area contributed by atoms with Gasteiger partial charge in [-0.2, -0.15) is 0 Å². The van der Waals surface area contributed by atoms with E-state index in [1.807, 2.05) is 6.92 Å². The van der Waals surface area contributed by atoms with Crippen molar-refractivity contribution in [2.45, 2.75) is 58.8 Å². The summed E-state index contributed by atoms with van der Waals surface area (Å²) in [4.78, 5) is 20.5. The highest BCUT2D eigenvalue weighted by molar-refractivity contribution is 5.88. The van der Waals surface area contributed by atoms with Crippen LogP contribution in [0, 0.1) is 4.91 Å². The third kappa shape index (κ3) is 9.32. The molecule has 0 fully saturated rings. The Labute approximate surface area is 91.9 Å². The van der Waals surface area contributed by atoms with Crippen LogP contribution in [0.3, 0.4) is 0 Å². The molecule has 0 saturated carbocycles. The molecule has 0 heterocycles. The topological polar surface area (TPSA) is 46.5 Å². The van der Waals surface area contributed by atoms with E-state index in [-0.39, 0.29) is 0 Å². The molecule has 0 aromatic heterocycles. The number of rotatable bonds is 8. The van der Waals surface area contributed by atoms with E-state index in [0.29, 0.717) is 0 Å². The lowest BCUT2D eigenvalue weighted by Crippen LogP contribution is -1.88. The van der Waals surface area contributed by atoms with E-state index in [1.165, 1.54) is 38.2 Å². The molecule has 0 aliphatic rings. The van der Waals surface area contributed by atoms with Gasteiger partial charge in [0.05, 0.1) is 0 Å². The number of allylic oxidation sites excluding steroid dienone is 1. The number of nitrogens with zero attached hydrogens (tertiary/aromatic N) is 1. The molecular weight excluding hydrogens is 190 g/mol. The first-order chi connectivity index (χ1) is 7.20. The van der Waals surface area contributed by atoms with Crippen LogP contribution in [-0.4, -0.2) is 5.91 Å². The summed E-state index contributed by atoms with van der Waals surface area (Å²) in [6, 6.07) is 0. The van der Waals surface area contributed by atoms with Gasteiger partial charge in [-0.1, -0.05) is 44.6 Å².